The molecule has 192 valence electrons. The highest BCUT2D eigenvalue weighted by Gasteiger charge is 2.56. The number of halogens is 1. The first-order chi connectivity index (χ1) is 18.2. The van der Waals surface area contributed by atoms with E-state index in [1.165, 1.54) is 29.2 Å². The van der Waals surface area contributed by atoms with Gasteiger partial charge in [0.2, 0.25) is 11.8 Å². The maximum atomic E-state index is 14.5. The second-order valence-corrected chi connectivity index (χ2v) is 10.5. The fourth-order valence-electron chi connectivity index (χ4n) is 6.58. The molecule has 0 aromatic heterocycles. The van der Waals surface area contributed by atoms with Gasteiger partial charge in [-0.2, -0.15) is 0 Å². The van der Waals surface area contributed by atoms with Crippen LogP contribution >= 0.6 is 0 Å². The zero-order chi connectivity index (χ0) is 26.9. The summed E-state index contributed by atoms with van der Waals surface area (Å²) in [6, 6.07) is 11.3. The number of carbonyl (C=O) groups is 4. The van der Waals surface area contributed by atoms with Crippen LogP contribution in [0.3, 0.4) is 0 Å². The van der Waals surface area contributed by atoms with E-state index in [-0.39, 0.29) is 29.8 Å². The van der Waals surface area contributed by atoms with Crippen molar-refractivity contribution in [2.75, 3.05) is 4.90 Å². The summed E-state index contributed by atoms with van der Waals surface area (Å²) in [5.41, 5.74) is 3.69. The first-order valence-electron chi connectivity index (χ1n) is 12.9. The Bertz CT molecular complexity index is 1530. The molecule has 2 amide bonds. The summed E-state index contributed by atoms with van der Waals surface area (Å²) in [5, 5.41) is 9.78. The number of nitrogens with zero attached hydrogens (tertiary/aromatic N) is 1. The van der Waals surface area contributed by atoms with Crippen LogP contribution in [0.2, 0.25) is 0 Å². The summed E-state index contributed by atoms with van der Waals surface area (Å²) in [5.74, 6) is -5.04. The molecule has 38 heavy (non-hydrogen) atoms. The van der Waals surface area contributed by atoms with E-state index in [4.69, 9.17) is 0 Å². The predicted molar refractivity (Wildman–Crippen MR) is 138 cm³/mol. The molecule has 1 aliphatic heterocycles. The molecule has 2 aromatic rings. The van der Waals surface area contributed by atoms with Crippen LogP contribution in [0, 0.1) is 23.6 Å². The number of rotatable bonds is 3. The van der Waals surface area contributed by atoms with Crippen LogP contribution < -0.4 is 4.90 Å². The third-order valence-electron chi connectivity index (χ3n) is 8.47. The minimum atomic E-state index is -0.836. The zero-order valence-corrected chi connectivity index (χ0v) is 21.0. The molecule has 7 heteroatoms. The van der Waals surface area contributed by atoms with Gasteiger partial charge < -0.3 is 5.11 Å². The van der Waals surface area contributed by atoms with Crippen LogP contribution in [0.5, 0.6) is 5.75 Å². The number of amides is 2. The van der Waals surface area contributed by atoms with Crippen molar-refractivity contribution in [1.29, 1.82) is 0 Å². The number of allylic oxidation sites excluding steroid dienone is 6. The second kappa shape index (κ2) is 8.72. The standard InChI is InChI=1S/C31H26FNO5/c1-3-16-4-7-18(8-5-16)33-30(37)20-10-9-19-21(27(20)31(33)38)14-22-25(35)12-15(2)29(36)28(22)26(19)17-6-11-24(34)23(32)13-17/h4-9,11-13,20-21,26-27,34H,3,10,14H2,1-2H3. The Morgan fingerprint density at radius 2 is 1.74 bits per heavy atom. The van der Waals surface area contributed by atoms with Crippen molar-refractivity contribution in [2.24, 2.45) is 17.8 Å². The monoisotopic (exact) mass is 511 g/mol. The summed E-state index contributed by atoms with van der Waals surface area (Å²) >= 11 is 0. The molecule has 1 N–H and O–H groups in total. The Morgan fingerprint density at radius 3 is 2.42 bits per heavy atom. The first kappa shape index (κ1) is 24.2. The average molecular weight is 512 g/mol. The molecular formula is C31H26FNO5. The molecule has 0 saturated carbocycles. The van der Waals surface area contributed by atoms with E-state index in [0.717, 1.165) is 17.6 Å². The van der Waals surface area contributed by atoms with Crippen molar-refractivity contribution in [3.05, 3.63) is 93.9 Å². The SMILES string of the molecule is CCc1ccc(N2C(=O)C3CC=C4C(c5ccc(O)c(F)c5)C5=C(CC4C3C2=O)C(=O)C=C(C)C5=O)cc1. The minimum absolute atomic E-state index is 0.162. The lowest BCUT2D eigenvalue weighted by Gasteiger charge is -2.42. The van der Waals surface area contributed by atoms with E-state index in [1.54, 1.807) is 19.1 Å². The number of ketones is 2. The lowest BCUT2D eigenvalue weighted by Crippen LogP contribution is -2.39. The van der Waals surface area contributed by atoms with Gasteiger partial charge in [0.05, 0.1) is 17.5 Å². The molecule has 0 bridgehead atoms. The fraction of sp³-hybridized carbons (Fsp3) is 0.290. The van der Waals surface area contributed by atoms with Gasteiger partial charge >= 0.3 is 0 Å². The van der Waals surface area contributed by atoms with Gasteiger partial charge in [0.1, 0.15) is 0 Å². The van der Waals surface area contributed by atoms with Gasteiger partial charge in [-0.05, 0) is 73.6 Å². The van der Waals surface area contributed by atoms with Crippen LogP contribution in [0.25, 0.3) is 0 Å². The molecule has 6 nitrogen and oxygen atoms in total. The van der Waals surface area contributed by atoms with E-state index >= 15 is 0 Å². The highest BCUT2D eigenvalue weighted by molar-refractivity contribution is 6.25. The van der Waals surface area contributed by atoms with Crippen molar-refractivity contribution in [1.82, 2.24) is 0 Å². The number of carbonyl (C=O) groups excluding carboxylic acids is 4. The van der Waals surface area contributed by atoms with Gasteiger partial charge in [0, 0.05) is 22.6 Å². The Balaban J connectivity index is 1.47. The molecule has 0 radical (unpaired) electrons. The highest BCUT2D eigenvalue weighted by Crippen LogP contribution is 2.55. The molecule has 4 atom stereocenters. The second-order valence-electron chi connectivity index (χ2n) is 10.5. The number of fused-ring (bicyclic) bond motifs is 3. The molecule has 1 heterocycles. The highest BCUT2D eigenvalue weighted by atomic mass is 19.1. The maximum absolute atomic E-state index is 14.5. The predicted octanol–water partition coefficient (Wildman–Crippen LogP) is 4.73. The van der Waals surface area contributed by atoms with Crippen molar-refractivity contribution >= 4 is 29.1 Å². The van der Waals surface area contributed by atoms with Crippen LogP contribution in [-0.2, 0) is 25.6 Å². The van der Waals surface area contributed by atoms with Gasteiger partial charge in [0.25, 0.3) is 0 Å². The number of aromatic hydroxyl groups is 1. The van der Waals surface area contributed by atoms with Gasteiger partial charge in [0.15, 0.2) is 23.1 Å². The number of hydrogen-bond acceptors (Lipinski definition) is 5. The molecular weight excluding hydrogens is 485 g/mol. The lowest BCUT2D eigenvalue weighted by molar-refractivity contribution is -0.123. The molecule has 0 spiro atoms. The molecule has 6 rings (SSSR count). The van der Waals surface area contributed by atoms with E-state index in [9.17, 15) is 28.7 Å². The van der Waals surface area contributed by atoms with Gasteiger partial charge in [-0.3, -0.25) is 24.1 Å². The number of imide groups is 1. The van der Waals surface area contributed by atoms with E-state index in [0.29, 0.717) is 34.4 Å². The van der Waals surface area contributed by atoms with Gasteiger partial charge in [-0.15, -0.1) is 0 Å². The van der Waals surface area contributed by atoms with E-state index in [2.05, 4.69) is 0 Å². The molecule has 4 unspecified atom stereocenters. The molecule has 1 saturated heterocycles. The normalized spacial score (nSPS) is 26.7. The molecule has 3 aliphatic carbocycles. The Labute approximate surface area is 219 Å². The van der Waals surface area contributed by atoms with E-state index < -0.39 is 35.2 Å². The van der Waals surface area contributed by atoms with Crippen molar-refractivity contribution in [3.63, 3.8) is 0 Å². The zero-order valence-electron chi connectivity index (χ0n) is 21.0. The number of benzene rings is 2. The van der Waals surface area contributed by atoms with Crippen molar-refractivity contribution < 1.29 is 28.7 Å². The Morgan fingerprint density at radius 1 is 1.00 bits per heavy atom. The topological polar surface area (TPSA) is 91.8 Å². The summed E-state index contributed by atoms with van der Waals surface area (Å²) in [7, 11) is 0. The van der Waals surface area contributed by atoms with Crippen LogP contribution in [-0.4, -0.2) is 28.5 Å². The number of phenolic OH excluding ortho intramolecular Hbond substituents is 1. The smallest absolute Gasteiger partial charge is 0.238 e. The van der Waals surface area contributed by atoms with Gasteiger partial charge in [-0.25, -0.2) is 4.39 Å². The summed E-state index contributed by atoms with van der Waals surface area (Å²) in [4.78, 5) is 55.2. The Hall–Kier alpha value is -4.13. The summed E-state index contributed by atoms with van der Waals surface area (Å²) in [6.07, 6.45) is 4.51. The van der Waals surface area contributed by atoms with Crippen LogP contribution in [0.4, 0.5) is 10.1 Å². The average Bonchev–Trinajstić information content (AvgIpc) is 3.17. The first-order valence-corrected chi connectivity index (χ1v) is 12.9. The van der Waals surface area contributed by atoms with Crippen LogP contribution in [0.1, 0.15) is 43.7 Å². The molecule has 1 fully saturated rings. The number of phenols is 1. The van der Waals surface area contributed by atoms with Crippen LogP contribution in [0.15, 0.2) is 76.9 Å². The lowest BCUT2D eigenvalue weighted by atomic mass is 9.59. The third kappa shape index (κ3) is 3.45. The largest absolute Gasteiger partial charge is 0.505 e. The third-order valence-corrected chi connectivity index (χ3v) is 8.47. The number of hydrogen-bond donors (Lipinski definition) is 1. The fourth-order valence-corrected chi connectivity index (χ4v) is 6.58. The Kier molecular flexibility index (Phi) is 5.56. The number of aryl methyl sites for hydroxylation is 1. The molecule has 2 aromatic carbocycles. The maximum Gasteiger partial charge on any atom is 0.238 e. The van der Waals surface area contributed by atoms with Crippen molar-refractivity contribution in [3.8, 4) is 5.75 Å². The van der Waals surface area contributed by atoms with Gasteiger partial charge in [-0.1, -0.05) is 36.8 Å². The number of anilines is 1. The number of Topliss-reactive ketones (excluding diaryl/α,β-unsaturated/α-hetero) is 1. The minimum Gasteiger partial charge on any atom is -0.505 e. The van der Waals surface area contributed by atoms with E-state index in [1.807, 2.05) is 25.1 Å². The van der Waals surface area contributed by atoms with Crippen molar-refractivity contribution in [2.45, 2.75) is 39.0 Å². The quantitative estimate of drug-likeness (QED) is 0.366. The molecule has 4 aliphatic rings. The summed E-state index contributed by atoms with van der Waals surface area (Å²) < 4.78 is 14.5. The summed E-state index contributed by atoms with van der Waals surface area (Å²) in [6.45, 7) is 3.61.